The van der Waals surface area contributed by atoms with Crippen molar-refractivity contribution in [1.82, 2.24) is 15.5 Å². The Hall–Kier alpha value is -1.59. The third kappa shape index (κ3) is 5.44. The Kier molecular flexibility index (Phi) is 7.26. The quantitative estimate of drug-likeness (QED) is 0.860. The maximum atomic E-state index is 12.5. The molecule has 2 saturated heterocycles. The Morgan fingerprint density at radius 2 is 1.84 bits per heavy atom. The van der Waals surface area contributed by atoms with Crippen LogP contribution in [-0.2, 0) is 4.79 Å². The molecule has 2 aliphatic heterocycles. The molecule has 1 aromatic carbocycles. The molecule has 0 bridgehead atoms. The molecule has 0 aromatic heterocycles. The predicted octanol–water partition coefficient (Wildman–Crippen LogP) is 2.28. The average molecular weight is 366 g/mol. The van der Waals surface area contributed by atoms with Gasteiger partial charge in [0, 0.05) is 37.2 Å². The fourth-order valence-electron chi connectivity index (χ4n) is 3.55. The van der Waals surface area contributed by atoms with E-state index < -0.39 is 0 Å². The number of carbonyl (C=O) groups is 2. The number of nitrogens with one attached hydrogen (secondary N) is 2. The van der Waals surface area contributed by atoms with Crippen LogP contribution in [0.15, 0.2) is 24.3 Å². The molecule has 1 unspecified atom stereocenters. The van der Waals surface area contributed by atoms with Crippen molar-refractivity contribution in [3.05, 3.63) is 35.4 Å². The van der Waals surface area contributed by atoms with Gasteiger partial charge in [-0.3, -0.25) is 9.59 Å². The summed E-state index contributed by atoms with van der Waals surface area (Å²) >= 11 is 0. The lowest BCUT2D eigenvalue weighted by atomic mass is 10.0. The second kappa shape index (κ2) is 9.20. The van der Waals surface area contributed by atoms with Gasteiger partial charge in [0.2, 0.25) is 5.91 Å². The SMILES string of the molecule is Cc1ccc(C(=O)N2CCC(NC(=O)CC3CCCN3)CC2)cc1.Cl. The average Bonchev–Trinajstić information content (AvgIpc) is 3.08. The Balaban J connectivity index is 0.00000225. The summed E-state index contributed by atoms with van der Waals surface area (Å²) in [7, 11) is 0. The maximum absolute atomic E-state index is 12.5. The molecule has 1 aromatic rings. The van der Waals surface area contributed by atoms with Crippen LogP contribution in [0.1, 0.15) is 48.0 Å². The highest BCUT2D eigenvalue weighted by molar-refractivity contribution is 5.94. The summed E-state index contributed by atoms with van der Waals surface area (Å²) in [5.74, 6) is 0.229. The van der Waals surface area contributed by atoms with Crippen molar-refractivity contribution < 1.29 is 9.59 Å². The molecular formula is C19H28ClN3O2. The summed E-state index contributed by atoms with van der Waals surface area (Å²) in [5, 5.41) is 6.49. The van der Waals surface area contributed by atoms with Crippen molar-refractivity contribution in [2.24, 2.45) is 0 Å². The monoisotopic (exact) mass is 365 g/mol. The van der Waals surface area contributed by atoms with Crippen molar-refractivity contribution in [3.8, 4) is 0 Å². The second-order valence-electron chi connectivity index (χ2n) is 7.00. The van der Waals surface area contributed by atoms with Crippen molar-refractivity contribution in [2.75, 3.05) is 19.6 Å². The minimum absolute atomic E-state index is 0. The van der Waals surface area contributed by atoms with Gasteiger partial charge in [-0.15, -0.1) is 12.4 Å². The molecule has 0 spiro atoms. The number of rotatable bonds is 4. The molecule has 2 aliphatic rings. The minimum Gasteiger partial charge on any atom is -0.353 e. The van der Waals surface area contributed by atoms with E-state index >= 15 is 0 Å². The van der Waals surface area contributed by atoms with Gasteiger partial charge < -0.3 is 15.5 Å². The van der Waals surface area contributed by atoms with Crippen LogP contribution in [0.3, 0.4) is 0 Å². The van der Waals surface area contributed by atoms with E-state index in [1.165, 1.54) is 0 Å². The topological polar surface area (TPSA) is 61.4 Å². The Morgan fingerprint density at radius 3 is 2.44 bits per heavy atom. The highest BCUT2D eigenvalue weighted by Crippen LogP contribution is 2.15. The molecule has 0 aliphatic carbocycles. The van der Waals surface area contributed by atoms with E-state index in [-0.39, 0.29) is 30.3 Å². The number of nitrogens with zero attached hydrogens (tertiary/aromatic N) is 1. The zero-order chi connectivity index (χ0) is 16.9. The van der Waals surface area contributed by atoms with Crippen LogP contribution < -0.4 is 10.6 Å². The molecule has 1 atom stereocenters. The van der Waals surface area contributed by atoms with Crippen LogP contribution >= 0.6 is 12.4 Å². The molecule has 25 heavy (non-hydrogen) atoms. The van der Waals surface area contributed by atoms with Gasteiger partial charge in [-0.05, 0) is 51.3 Å². The first-order valence-electron chi connectivity index (χ1n) is 9.00. The van der Waals surface area contributed by atoms with Crippen LogP contribution in [0, 0.1) is 6.92 Å². The molecule has 3 rings (SSSR count). The molecule has 0 radical (unpaired) electrons. The van der Waals surface area contributed by atoms with Gasteiger partial charge in [-0.25, -0.2) is 0 Å². The van der Waals surface area contributed by atoms with Crippen molar-refractivity contribution in [1.29, 1.82) is 0 Å². The number of benzene rings is 1. The summed E-state index contributed by atoms with van der Waals surface area (Å²) in [6, 6.07) is 8.25. The zero-order valence-corrected chi connectivity index (χ0v) is 15.6. The van der Waals surface area contributed by atoms with Crippen molar-refractivity contribution in [2.45, 2.75) is 51.1 Å². The molecular weight excluding hydrogens is 338 g/mol. The van der Waals surface area contributed by atoms with Crippen LogP contribution in [0.25, 0.3) is 0 Å². The predicted molar refractivity (Wildman–Crippen MR) is 101 cm³/mol. The number of carbonyl (C=O) groups excluding carboxylic acids is 2. The van der Waals surface area contributed by atoms with Crippen molar-refractivity contribution >= 4 is 24.2 Å². The van der Waals surface area contributed by atoms with Gasteiger partial charge in [0.05, 0.1) is 0 Å². The Labute approximate surface area is 155 Å². The number of hydrogen-bond acceptors (Lipinski definition) is 3. The van der Waals surface area contributed by atoms with E-state index in [4.69, 9.17) is 0 Å². The standard InChI is InChI=1S/C19H27N3O2.ClH/c1-14-4-6-15(7-5-14)19(24)22-11-8-16(9-12-22)21-18(23)13-17-3-2-10-20-17;/h4-7,16-17,20H,2-3,8-13H2,1H3,(H,21,23);1H. The Bertz CT molecular complexity index is 577. The summed E-state index contributed by atoms with van der Waals surface area (Å²) in [5.41, 5.74) is 1.90. The number of piperidine rings is 1. The highest BCUT2D eigenvalue weighted by Gasteiger charge is 2.25. The molecule has 2 fully saturated rings. The van der Waals surface area contributed by atoms with Crippen LogP contribution in [-0.4, -0.2) is 48.4 Å². The number of amides is 2. The minimum atomic E-state index is 0. The van der Waals surface area contributed by atoms with Gasteiger partial charge in [0.15, 0.2) is 0 Å². The Morgan fingerprint density at radius 1 is 1.16 bits per heavy atom. The summed E-state index contributed by atoms with van der Waals surface area (Å²) in [6.45, 7) is 4.46. The maximum Gasteiger partial charge on any atom is 0.253 e. The lowest BCUT2D eigenvalue weighted by Gasteiger charge is -2.32. The molecule has 138 valence electrons. The fourth-order valence-corrected chi connectivity index (χ4v) is 3.55. The summed E-state index contributed by atoms with van der Waals surface area (Å²) < 4.78 is 0. The van der Waals surface area contributed by atoms with Crippen LogP contribution in [0.4, 0.5) is 0 Å². The van der Waals surface area contributed by atoms with E-state index in [0.717, 1.165) is 43.4 Å². The molecule has 5 nitrogen and oxygen atoms in total. The van der Waals surface area contributed by atoms with E-state index in [2.05, 4.69) is 10.6 Å². The molecule has 2 heterocycles. The highest BCUT2D eigenvalue weighted by atomic mass is 35.5. The lowest BCUT2D eigenvalue weighted by Crippen LogP contribution is -2.47. The third-order valence-corrected chi connectivity index (χ3v) is 5.04. The largest absolute Gasteiger partial charge is 0.353 e. The second-order valence-corrected chi connectivity index (χ2v) is 7.00. The first-order chi connectivity index (χ1) is 11.6. The molecule has 2 amide bonds. The zero-order valence-electron chi connectivity index (χ0n) is 14.8. The van der Waals surface area contributed by atoms with E-state index in [1.807, 2.05) is 36.1 Å². The lowest BCUT2D eigenvalue weighted by molar-refractivity contribution is -0.122. The first kappa shape index (κ1) is 19.7. The molecule has 2 N–H and O–H groups in total. The molecule has 0 saturated carbocycles. The number of aryl methyl sites for hydroxylation is 1. The summed E-state index contributed by atoms with van der Waals surface area (Å²) in [6.07, 6.45) is 4.50. The van der Waals surface area contributed by atoms with Gasteiger partial charge in [0.1, 0.15) is 0 Å². The molecule has 6 heteroatoms. The normalized spacial score (nSPS) is 20.8. The number of likely N-dealkylation sites (tertiary alicyclic amines) is 1. The van der Waals surface area contributed by atoms with Crippen LogP contribution in [0.2, 0.25) is 0 Å². The van der Waals surface area contributed by atoms with Crippen LogP contribution in [0.5, 0.6) is 0 Å². The van der Waals surface area contributed by atoms with Crippen molar-refractivity contribution in [3.63, 3.8) is 0 Å². The number of hydrogen-bond donors (Lipinski definition) is 2. The smallest absolute Gasteiger partial charge is 0.253 e. The first-order valence-corrected chi connectivity index (χ1v) is 9.00. The third-order valence-electron chi connectivity index (χ3n) is 5.04. The van der Waals surface area contributed by atoms with E-state index in [9.17, 15) is 9.59 Å². The number of halogens is 1. The van der Waals surface area contributed by atoms with Gasteiger partial charge in [0.25, 0.3) is 5.91 Å². The van der Waals surface area contributed by atoms with Gasteiger partial charge in [-0.1, -0.05) is 17.7 Å². The van der Waals surface area contributed by atoms with Gasteiger partial charge in [-0.2, -0.15) is 0 Å². The summed E-state index contributed by atoms with van der Waals surface area (Å²) in [4.78, 5) is 26.5. The van der Waals surface area contributed by atoms with E-state index in [0.29, 0.717) is 25.6 Å². The fraction of sp³-hybridized carbons (Fsp3) is 0.579. The van der Waals surface area contributed by atoms with E-state index in [1.54, 1.807) is 0 Å². The van der Waals surface area contributed by atoms with Gasteiger partial charge >= 0.3 is 0 Å².